The molecule has 1 N–H and O–H groups in total. The van der Waals surface area contributed by atoms with Crippen molar-refractivity contribution in [2.75, 3.05) is 18.6 Å². The molecule has 0 aliphatic carbocycles. The molecule has 0 fully saturated rings. The molecule has 0 saturated heterocycles. The Morgan fingerprint density at radius 2 is 1.66 bits per heavy atom. The minimum absolute atomic E-state index is 0.522. The fourth-order valence-corrected chi connectivity index (χ4v) is 5.58. The molecule has 1 atom stereocenters. The van der Waals surface area contributed by atoms with Crippen molar-refractivity contribution in [3.63, 3.8) is 0 Å². The van der Waals surface area contributed by atoms with Gasteiger partial charge in [-0.05, 0) is 80.5 Å². The first-order valence-corrected chi connectivity index (χ1v) is 15.7. The third-order valence-corrected chi connectivity index (χ3v) is 8.64. The molecule has 0 aliphatic heterocycles. The summed E-state index contributed by atoms with van der Waals surface area (Å²) < 4.78 is 0. The molecule has 5 heteroatoms. The highest BCUT2D eigenvalue weighted by Crippen LogP contribution is 2.34. The maximum Gasteiger partial charge on any atom is 0.124 e. The van der Waals surface area contributed by atoms with Gasteiger partial charge in [-0.3, -0.25) is 0 Å². The van der Waals surface area contributed by atoms with E-state index in [1.165, 1.54) is 44.9 Å². The monoisotopic (exact) mass is 550 g/mol. The quantitative estimate of drug-likeness (QED) is 0.202. The van der Waals surface area contributed by atoms with Gasteiger partial charge in [-0.1, -0.05) is 75.6 Å². The van der Waals surface area contributed by atoms with E-state index in [2.05, 4.69) is 71.1 Å². The van der Waals surface area contributed by atoms with Crippen LogP contribution >= 0.6 is 23.1 Å². The number of nitrogens with zero attached hydrogens (tertiary/aromatic N) is 1. The highest BCUT2D eigenvalue weighted by atomic mass is 32.2. The Labute approximate surface area is 240 Å². The maximum atomic E-state index is 10.1. The minimum Gasteiger partial charge on any atom is -0.379 e. The number of carbonyl (C=O) groups excluding carboxylic acids is 1. The van der Waals surface area contributed by atoms with Crippen LogP contribution in [0.5, 0.6) is 0 Å². The molecular formula is C33H46N2OS2. The van der Waals surface area contributed by atoms with Crippen LogP contribution < -0.4 is 5.32 Å². The number of rotatable bonds is 10. The number of thiophene rings is 1. The Kier molecular flexibility index (Phi) is 16.4. The summed E-state index contributed by atoms with van der Waals surface area (Å²) in [5.41, 5.74) is 7.42. The largest absolute Gasteiger partial charge is 0.379 e. The molecule has 1 aromatic heterocycles. The number of nitriles is 1. The van der Waals surface area contributed by atoms with Gasteiger partial charge in [0.1, 0.15) is 17.4 Å². The number of anilines is 1. The van der Waals surface area contributed by atoms with Gasteiger partial charge >= 0.3 is 0 Å². The SMILES string of the molecule is CCc1cc(C)cc(C)c1.CCc1sc(NC)c(C#N)c1CCC(C)CC.CSc1ccc(CC=O)cc1. The molecule has 1 heterocycles. The van der Waals surface area contributed by atoms with Crippen LogP contribution in [0, 0.1) is 31.1 Å². The Morgan fingerprint density at radius 3 is 2.11 bits per heavy atom. The highest BCUT2D eigenvalue weighted by molar-refractivity contribution is 7.98. The molecule has 0 spiro atoms. The minimum atomic E-state index is 0.522. The van der Waals surface area contributed by atoms with Gasteiger partial charge < -0.3 is 10.1 Å². The van der Waals surface area contributed by atoms with E-state index in [0.717, 1.165) is 47.6 Å². The molecule has 2 aromatic carbocycles. The first-order chi connectivity index (χ1) is 18.3. The van der Waals surface area contributed by atoms with Gasteiger partial charge in [-0.2, -0.15) is 5.26 Å². The average Bonchev–Trinajstić information content (AvgIpc) is 3.29. The molecule has 0 aliphatic rings. The summed E-state index contributed by atoms with van der Waals surface area (Å²) in [5, 5.41) is 13.4. The van der Waals surface area contributed by atoms with Gasteiger partial charge in [0.15, 0.2) is 0 Å². The molecule has 206 valence electrons. The molecule has 3 rings (SSSR count). The Hall–Kier alpha value is -2.55. The average molecular weight is 551 g/mol. The van der Waals surface area contributed by atoms with E-state index in [1.54, 1.807) is 23.1 Å². The number of hydrogen-bond donors (Lipinski definition) is 1. The van der Waals surface area contributed by atoms with Gasteiger partial charge in [0.25, 0.3) is 0 Å². The van der Waals surface area contributed by atoms with Crippen LogP contribution in [0.2, 0.25) is 0 Å². The lowest BCUT2D eigenvalue weighted by Crippen LogP contribution is -1.98. The standard InChI is InChI=1S/C14H22N2S.C10H14.C9H10OS/c1-5-10(3)7-8-11-12(9-15)14(16-4)17-13(11)6-2;1-4-10-6-8(2)5-9(3)7-10;1-11-9-4-2-8(3-5-9)6-7-10/h10,16H,5-8H2,1-4H3;5-7H,4H2,1-3H3;2-5,7H,6H2,1H3. The summed E-state index contributed by atoms with van der Waals surface area (Å²) in [5.74, 6) is 0.740. The van der Waals surface area contributed by atoms with Crippen molar-refractivity contribution in [2.45, 2.75) is 85.0 Å². The Morgan fingerprint density at radius 1 is 1.03 bits per heavy atom. The summed E-state index contributed by atoms with van der Waals surface area (Å²) in [6.07, 6.45) is 9.08. The fraction of sp³-hybridized carbons (Fsp3) is 0.455. The smallest absolute Gasteiger partial charge is 0.124 e. The zero-order valence-electron chi connectivity index (χ0n) is 24.6. The highest BCUT2D eigenvalue weighted by Gasteiger charge is 2.16. The van der Waals surface area contributed by atoms with E-state index in [0.29, 0.717) is 6.42 Å². The number of benzene rings is 2. The van der Waals surface area contributed by atoms with Crippen LogP contribution in [0.1, 0.15) is 78.8 Å². The van der Waals surface area contributed by atoms with Gasteiger partial charge in [-0.15, -0.1) is 23.1 Å². The number of thioether (sulfide) groups is 1. The predicted molar refractivity (Wildman–Crippen MR) is 169 cm³/mol. The molecule has 0 amide bonds. The third-order valence-electron chi connectivity index (χ3n) is 6.50. The van der Waals surface area contributed by atoms with E-state index in [-0.39, 0.29) is 0 Å². The molecule has 0 radical (unpaired) electrons. The van der Waals surface area contributed by atoms with E-state index in [9.17, 15) is 10.1 Å². The number of carbonyl (C=O) groups is 1. The summed E-state index contributed by atoms with van der Waals surface area (Å²) in [4.78, 5) is 12.7. The second-order valence-corrected chi connectivity index (χ2v) is 11.5. The van der Waals surface area contributed by atoms with Crippen molar-refractivity contribution in [1.82, 2.24) is 0 Å². The van der Waals surface area contributed by atoms with Crippen molar-refractivity contribution in [3.05, 3.63) is 80.7 Å². The van der Waals surface area contributed by atoms with E-state index >= 15 is 0 Å². The number of nitrogens with one attached hydrogen (secondary N) is 1. The molecule has 3 aromatic rings. The third kappa shape index (κ3) is 11.5. The Balaban J connectivity index is 0.000000299. The van der Waals surface area contributed by atoms with Crippen LogP contribution in [0.3, 0.4) is 0 Å². The van der Waals surface area contributed by atoms with Crippen LogP contribution in [0.4, 0.5) is 5.00 Å². The van der Waals surface area contributed by atoms with Gasteiger partial charge in [0.05, 0.1) is 5.56 Å². The van der Waals surface area contributed by atoms with E-state index in [4.69, 9.17) is 0 Å². The molecule has 38 heavy (non-hydrogen) atoms. The lowest BCUT2D eigenvalue weighted by molar-refractivity contribution is -0.107. The van der Waals surface area contributed by atoms with Gasteiger partial charge in [0.2, 0.25) is 0 Å². The lowest BCUT2D eigenvalue weighted by atomic mass is 9.96. The normalized spacial score (nSPS) is 10.8. The maximum absolute atomic E-state index is 10.1. The number of aldehydes is 1. The van der Waals surface area contributed by atoms with Crippen LogP contribution in [0.25, 0.3) is 0 Å². The molecule has 1 unspecified atom stereocenters. The van der Waals surface area contributed by atoms with Gasteiger partial charge in [-0.25, -0.2) is 0 Å². The van der Waals surface area contributed by atoms with Crippen molar-refractivity contribution < 1.29 is 4.79 Å². The zero-order chi connectivity index (χ0) is 28.5. The summed E-state index contributed by atoms with van der Waals surface area (Å²) >= 11 is 3.44. The zero-order valence-corrected chi connectivity index (χ0v) is 26.2. The van der Waals surface area contributed by atoms with Crippen molar-refractivity contribution in [2.24, 2.45) is 5.92 Å². The lowest BCUT2D eigenvalue weighted by Gasteiger charge is -2.08. The van der Waals surface area contributed by atoms with Crippen LogP contribution in [-0.2, 0) is 30.5 Å². The fourth-order valence-electron chi connectivity index (χ4n) is 4.08. The van der Waals surface area contributed by atoms with E-state index < -0.39 is 0 Å². The van der Waals surface area contributed by atoms with Gasteiger partial charge in [0, 0.05) is 23.2 Å². The second kappa shape index (κ2) is 18.7. The molecular weight excluding hydrogens is 505 g/mol. The van der Waals surface area contributed by atoms with Crippen LogP contribution in [-0.4, -0.2) is 19.6 Å². The first kappa shape index (κ1) is 33.5. The number of hydrogen-bond acceptors (Lipinski definition) is 5. The summed E-state index contributed by atoms with van der Waals surface area (Å²) in [7, 11) is 1.89. The topological polar surface area (TPSA) is 52.9 Å². The molecule has 3 nitrogen and oxygen atoms in total. The van der Waals surface area contributed by atoms with E-state index in [1.807, 2.05) is 37.6 Å². The van der Waals surface area contributed by atoms with Crippen molar-refractivity contribution in [1.29, 1.82) is 5.26 Å². The molecule has 0 saturated carbocycles. The van der Waals surface area contributed by atoms with Crippen molar-refractivity contribution >= 4 is 34.4 Å². The Bertz CT molecular complexity index is 1120. The predicted octanol–water partition coefficient (Wildman–Crippen LogP) is 9.22. The van der Waals surface area contributed by atoms with Crippen LogP contribution in [0.15, 0.2) is 47.4 Å². The van der Waals surface area contributed by atoms with Crippen molar-refractivity contribution in [3.8, 4) is 6.07 Å². The second-order valence-electron chi connectivity index (χ2n) is 9.54. The first-order valence-electron chi connectivity index (χ1n) is 13.6. The summed E-state index contributed by atoms with van der Waals surface area (Å²) in [6.45, 7) is 13.2. The summed E-state index contributed by atoms with van der Waals surface area (Å²) in [6, 6.07) is 17.1. The number of aryl methyl sites for hydroxylation is 4. The molecule has 0 bridgehead atoms.